The summed E-state index contributed by atoms with van der Waals surface area (Å²) in [6.45, 7) is 1.86. The molecule has 2 atom stereocenters. The summed E-state index contributed by atoms with van der Waals surface area (Å²) >= 11 is 1.51. The molecule has 20 heavy (non-hydrogen) atoms. The molecule has 0 aliphatic heterocycles. The maximum atomic E-state index is 11.9. The molecule has 2 N–H and O–H groups in total. The van der Waals surface area contributed by atoms with E-state index in [9.17, 15) is 9.90 Å². The van der Waals surface area contributed by atoms with Crippen molar-refractivity contribution in [2.24, 2.45) is 0 Å². The number of benzene rings is 1. The van der Waals surface area contributed by atoms with Crippen molar-refractivity contribution in [3.63, 3.8) is 0 Å². The van der Waals surface area contributed by atoms with E-state index in [4.69, 9.17) is 4.74 Å². The van der Waals surface area contributed by atoms with Crippen LogP contribution in [0.3, 0.4) is 0 Å². The molecule has 1 aromatic carbocycles. The lowest BCUT2D eigenvalue weighted by Crippen LogP contribution is -2.38. The van der Waals surface area contributed by atoms with Gasteiger partial charge in [0.15, 0.2) is 6.10 Å². The van der Waals surface area contributed by atoms with Crippen molar-refractivity contribution < 1.29 is 14.6 Å². The molecule has 0 aliphatic carbocycles. The van der Waals surface area contributed by atoms with Crippen LogP contribution in [-0.4, -0.2) is 23.7 Å². The highest BCUT2D eigenvalue weighted by molar-refractivity contribution is 7.07. The lowest BCUT2D eigenvalue weighted by atomic mass is 10.2. The Morgan fingerprint density at radius 2 is 2.10 bits per heavy atom. The number of ether oxygens (including phenoxy) is 1. The Hall–Kier alpha value is -1.85. The van der Waals surface area contributed by atoms with Gasteiger partial charge in [0, 0.05) is 6.54 Å². The largest absolute Gasteiger partial charge is 0.481 e. The number of hydrogen-bond acceptors (Lipinski definition) is 4. The normalized spacial score (nSPS) is 13.5. The minimum Gasteiger partial charge on any atom is -0.481 e. The standard InChI is InChI=1S/C15H17NO3S/c1-11(19-13-5-3-2-4-6-13)15(18)16-9-14(17)12-7-8-20-10-12/h2-8,10-11,14,17H,9H2,1H3,(H,16,18). The van der Waals surface area contributed by atoms with Crippen molar-refractivity contribution in [3.05, 3.63) is 52.7 Å². The summed E-state index contributed by atoms with van der Waals surface area (Å²) in [6.07, 6.45) is -1.29. The molecule has 0 saturated carbocycles. The van der Waals surface area contributed by atoms with E-state index in [1.165, 1.54) is 11.3 Å². The highest BCUT2D eigenvalue weighted by atomic mass is 32.1. The van der Waals surface area contributed by atoms with E-state index < -0.39 is 12.2 Å². The van der Waals surface area contributed by atoms with Crippen LogP contribution in [0.5, 0.6) is 5.75 Å². The molecule has 2 rings (SSSR count). The topological polar surface area (TPSA) is 58.6 Å². The molecule has 1 aromatic heterocycles. The Balaban J connectivity index is 1.79. The summed E-state index contributed by atoms with van der Waals surface area (Å²) in [7, 11) is 0. The molecule has 1 heterocycles. The average molecular weight is 291 g/mol. The van der Waals surface area contributed by atoms with Crippen LogP contribution in [-0.2, 0) is 4.79 Å². The van der Waals surface area contributed by atoms with Gasteiger partial charge in [0.05, 0.1) is 6.10 Å². The Bertz CT molecular complexity index is 527. The van der Waals surface area contributed by atoms with Gasteiger partial charge in [-0.3, -0.25) is 4.79 Å². The fourth-order valence-electron chi connectivity index (χ4n) is 1.68. The number of hydrogen-bond donors (Lipinski definition) is 2. The molecule has 0 fully saturated rings. The van der Waals surface area contributed by atoms with E-state index in [1.807, 2.05) is 35.0 Å². The van der Waals surface area contributed by atoms with E-state index in [0.29, 0.717) is 5.75 Å². The van der Waals surface area contributed by atoms with Crippen LogP contribution in [0.1, 0.15) is 18.6 Å². The van der Waals surface area contributed by atoms with Gasteiger partial charge in [-0.05, 0) is 41.4 Å². The summed E-state index contributed by atoms with van der Waals surface area (Å²) < 4.78 is 5.51. The van der Waals surface area contributed by atoms with Crippen LogP contribution >= 0.6 is 11.3 Å². The van der Waals surface area contributed by atoms with Crippen molar-refractivity contribution in [1.29, 1.82) is 0 Å². The number of aliphatic hydroxyl groups excluding tert-OH is 1. The van der Waals surface area contributed by atoms with Gasteiger partial charge in [0.25, 0.3) is 5.91 Å². The van der Waals surface area contributed by atoms with Gasteiger partial charge in [-0.1, -0.05) is 18.2 Å². The van der Waals surface area contributed by atoms with Crippen molar-refractivity contribution in [2.45, 2.75) is 19.1 Å². The van der Waals surface area contributed by atoms with Crippen LogP contribution in [0.4, 0.5) is 0 Å². The van der Waals surface area contributed by atoms with Crippen molar-refractivity contribution >= 4 is 17.2 Å². The highest BCUT2D eigenvalue weighted by Gasteiger charge is 2.16. The van der Waals surface area contributed by atoms with Crippen molar-refractivity contribution in [1.82, 2.24) is 5.32 Å². The maximum absolute atomic E-state index is 11.9. The minimum atomic E-state index is -0.686. The van der Waals surface area contributed by atoms with Gasteiger partial charge in [-0.15, -0.1) is 0 Å². The molecule has 4 nitrogen and oxygen atoms in total. The summed E-state index contributed by atoms with van der Waals surface area (Å²) in [5.74, 6) is 0.400. The van der Waals surface area contributed by atoms with E-state index in [-0.39, 0.29) is 12.5 Å². The first kappa shape index (κ1) is 14.6. The monoisotopic (exact) mass is 291 g/mol. The molecular weight excluding hydrogens is 274 g/mol. The van der Waals surface area contributed by atoms with Crippen LogP contribution in [0.15, 0.2) is 47.2 Å². The van der Waals surface area contributed by atoms with Crippen molar-refractivity contribution in [3.8, 4) is 5.75 Å². The number of para-hydroxylation sites is 1. The predicted octanol–water partition coefficient (Wildman–Crippen LogP) is 2.37. The van der Waals surface area contributed by atoms with Gasteiger partial charge in [-0.2, -0.15) is 11.3 Å². The second-order valence-electron chi connectivity index (χ2n) is 4.39. The molecule has 5 heteroatoms. The van der Waals surface area contributed by atoms with Crippen LogP contribution < -0.4 is 10.1 Å². The molecule has 0 bridgehead atoms. The fraction of sp³-hybridized carbons (Fsp3) is 0.267. The first-order valence-corrected chi connectivity index (χ1v) is 7.30. The van der Waals surface area contributed by atoms with Gasteiger partial charge in [0.2, 0.25) is 0 Å². The minimum absolute atomic E-state index is 0.179. The van der Waals surface area contributed by atoms with E-state index in [0.717, 1.165) is 5.56 Å². The molecule has 0 spiro atoms. The zero-order chi connectivity index (χ0) is 14.4. The summed E-state index contributed by atoms with van der Waals surface area (Å²) in [6, 6.07) is 11.0. The first-order chi connectivity index (χ1) is 9.66. The average Bonchev–Trinajstić information content (AvgIpc) is 2.99. The third-order valence-electron chi connectivity index (χ3n) is 2.82. The Morgan fingerprint density at radius 3 is 2.75 bits per heavy atom. The van der Waals surface area contributed by atoms with Crippen LogP contribution in [0.25, 0.3) is 0 Å². The highest BCUT2D eigenvalue weighted by Crippen LogP contribution is 2.15. The fourth-order valence-corrected chi connectivity index (χ4v) is 2.39. The van der Waals surface area contributed by atoms with Gasteiger partial charge in [-0.25, -0.2) is 0 Å². The lowest BCUT2D eigenvalue weighted by molar-refractivity contribution is -0.127. The molecule has 0 aliphatic rings. The van der Waals surface area contributed by atoms with E-state index in [1.54, 1.807) is 19.1 Å². The molecule has 2 aromatic rings. The lowest BCUT2D eigenvalue weighted by Gasteiger charge is -2.16. The number of carbonyl (C=O) groups excluding carboxylic acids is 1. The number of aliphatic hydroxyl groups is 1. The number of amides is 1. The van der Waals surface area contributed by atoms with Gasteiger partial charge >= 0.3 is 0 Å². The first-order valence-electron chi connectivity index (χ1n) is 6.36. The second kappa shape index (κ2) is 7.07. The summed E-state index contributed by atoms with van der Waals surface area (Å²) in [5.41, 5.74) is 0.812. The third kappa shape index (κ3) is 4.08. The molecule has 1 amide bonds. The Morgan fingerprint density at radius 1 is 1.35 bits per heavy atom. The molecule has 0 saturated heterocycles. The smallest absolute Gasteiger partial charge is 0.260 e. The van der Waals surface area contributed by atoms with E-state index in [2.05, 4.69) is 5.32 Å². The number of thiophene rings is 1. The second-order valence-corrected chi connectivity index (χ2v) is 5.17. The maximum Gasteiger partial charge on any atom is 0.260 e. The van der Waals surface area contributed by atoms with Gasteiger partial charge < -0.3 is 15.2 Å². The van der Waals surface area contributed by atoms with Crippen molar-refractivity contribution in [2.75, 3.05) is 6.54 Å². The SMILES string of the molecule is CC(Oc1ccccc1)C(=O)NCC(O)c1ccsc1. The van der Waals surface area contributed by atoms with Crippen LogP contribution in [0.2, 0.25) is 0 Å². The Kier molecular flexibility index (Phi) is 5.15. The van der Waals surface area contributed by atoms with Gasteiger partial charge in [0.1, 0.15) is 5.75 Å². The zero-order valence-corrected chi connectivity index (χ0v) is 12.0. The predicted molar refractivity (Wildman–Crippen MR) is 78.8 cm³/mol. The van der Waals surface area contributed by atoms with Crippen LogP contribution in [0, 0.1) is 0 Å². The van der Waals surface area contributed by atoms with E-state index >= 15 is 0 Å². The zero-order valence-electron chi connectivity index (χ0n) is 11.2. The quantitative estimate of drug-likeness (QED) is 0.859. The number of rotatable bonds is 6. The Labute approximate surface area is 122 Å². The molecule has 2 unspecified atom stereocenters. The molecule has 106 valence electrons. The molecule has 0 radical (unpaired) electrons. The third-order valence-corrected chi connectivity index (χ3v) is 3.52. The number of nitrogens with one attached hydrogen (secondary N) is 1. The molecular formula is C15H17NO3S. The summed E-state index contributed by atoms with van der Waals surface area (Å²) in [5, 5.41) is 16.3. The summed E-state index contributed by atoms with van der Waals surface area (Å²) in [4.78, 5) is 11.9. The number of carbonyl (C=O) groups is 1.